The van der Waals surface area contributed by atoms with Crippen LogP contribution in [-0.4, -0.2) is 25.2 Å². The molecule has 0 spiro atoms. The Labute approximate surface area is 206 Å². The highest BCUT2D eigenvalue weighted by atomic mass is 16.7. The zero-order valence-electron chi connectivity index (χ0n) is 20.8. The monoisotopic (exact) mass is 476 g/mol. The van der Waals surface area contributed by atoms with E-state index in [0.29, 0.717) is 17.9 Å². The van der Waals surface area contributed by atoms with Crippen LogP contribution in [0.1, 0.15) is 62.8 Å². The summed E-state index contributed by atoms with van der Waals surface area (Å²) in [6, 6.07) is 23.8. The van der Waals surface area contributed by atoms with Gasteiger partial charge in [0.15, 0.2) is 11.5 Å². The molecule has 35 heavy (non-hydrogen) atoms. The number of benzene rings is 3. The topological polar surface area (TPSA) is 63.2 Å². The van der Waals surface area contributed by atoms with Crippen LogP contribution in [-0.2, 0) is 9.47 Å². The number of carbonyl (C=O) groups is 1. The van der Waals surface area contributed by atoms with Gasteiger partial charge in [0.05, 0.1) is 13.2 Å². The van der Waals surface area contributed by atoms with Crippen LogP contribution in [0.2, 0.25) is 0 Å². The molecule has 6 nitrogen and oxygen atoms in total. The van der Waals surface area contributed by atoms with E-state index < -0.39 is 18.0 Å². The molecular weight excluding hydrogens is 444 g/mol. The summed E-state index contributed by atoms with van der Waals surface area (Å²) in [7, 11) is 1.54. The highest BCUT2D eigenvalue weighted by molar-refractivity contribution is 5.67. The molecule has 1 heterocycles. The molecular formula is C29H32O6. The lowest BCUT2D eigenvalue weighted by Gasteiger charge is -2.34. The Morgan fingerprint density at radius 1 is 0.971 bits per heavy atom. The Hall–Kier alpha value is -3.51. The molecule has 0 unspecified atom stereocenters. The summed E-state index contributed by atoms with van der Waals surface area (Å²) in [5.41, 5.74) is 2.47. The van der Waals surface area contributed by atoms with Gasteiger partial charge in [-0.1, -0.05) is 60.7 Å². The van der Waals surface area contributed by atoms with Gasteiger partial charge in [-0.25, -0.2) is 4.79 Å². The fourth-order valence-electron chi connectivity index (χ4n) is 4.16. The zero-order chi connectivity index (χ0) is 25.0. The van der Waals surface area contributed by atoms with Crippen LogP contribution >= 0.6 is 0 Å². The fourth-order valence-corrected chi connectivity index (χ4v) is 4.16. The molecule has 0 amide bonds. The van der Waals surface area contributed by atoms with Gasteiger partial charge in [0.2, 0.25) is 6.29 Å². The van der Waals surface area contributed by atoms with E-state index in [1.165, 1.54) is 0 Å². The number of hydrogen-bond donors (Lipinski definition) is 0. The summed E-state index contributed by atoms with van der Waals surface area (Å²) < 4.78 is 29.0. The smallest absolute Gasteiger partial charge is 0.493 e. The van der Waals surface area contributed by atoms with Crippen molar-refractivity contribution in [3.05, 3.63) is 89.5 Å². The molecule has 1 aliphatic rings. The first-order chi connectivity index (χ1) is 16.7. The third-order valence-electron chi connectivity index (χ3n) is 5.77. The van der Waals surface area contributed by atoms with Crippen molar-refractivity contribution in [3.8, 4) is 17.2 Å². The Bertz CT molecular complexity index is 1140. The molecule has 3 aromatic carbocycles. The third kappa shape index (κ3) is 6.14. The van der Waals surface area contributed by atoms with Crippen LogP contribution in [0.5, 0.6) is 17.2 Å². The average molecular weight is 477 g/mol. The lowest BCUT2D eigenvalue weighted by Crippen LogP contribution is -2.30. The van der Waals surface area contributed by atoms with E-state index in [0.717, 1.165) is 16.7 Å². The molecule has 0 aliphatic carbocycles. The van der Waals surface area contributed by atoms with Crippen LogP contribution < -0.4 is 14.2 Å². The van der Waals surface area contributed by atoms with Crippen molar-refractivity contribution in [3.63, 3.8) is 0 Å². The number of hydrogen-bond acceptors (Lipinski definition) is 6. The quantitative estimate of drug-likeness (QED) is 0.281. The van der Waals surface area contributed by atoms with E-state index in [9.17, 15) is 4.79 Å². The maximum absolute atomic E-state index is 12.4. The first-order valence-corrected chi connectivity index (χ1v) is 11.8. The second kappa shape index (κ2) is 10.4. The fraction of sp³-hybridized carbons (Fsp3) is 0.345. The summed E-state index contributed by atoms with van der Waals surface area (Å²) in [4.78, 5) is 12.4. The lowest BCUT2D eigenvalue weighted by molar-refractivity contribution is -0.127. The van der Waals surface area contributed by atoms with Crippen LogP contribution in [0, 0.1) is 0 Å². The molecule has 0 saturated carbocycles. The van der Waals surface area contributed by atoms with E-state index in [4.69, 9.17) is 23.7 Å². The molecule has 184 valence electrons. The van der Waals surface area contributed by atoms with Gasteiger partial charge in [-0.2, -0.15) is 0 Å². The van der Waals surface area contributed by atoms with Crippen molar-refractivity contribution in [2.75, 3.05) is 7.11 Å². The molecule has 4 rings (SSSR count). The summed E-state index contributed by atoms with van der Waals surface area (Å²) in [5.74, 6) is 1.24. The van der Waals surface area contributed by atoms with E-state index >= 15 is 0 Å². The van der Waals surface area contributed by atoms with Gasteiger partial charge in [0.25, 0.3) is 0 Å². The van der Waals surface area contributed by atoms with Crippen molar-refractivity contribution in [1.82, 2.24) is 0 Å². The predicted octanol–water partition coefficient (Wildman–Crippen LogP) is 7.03. The molecule has 3 aromatic rings. The second-order valence-corrected chi connectivity index (χ2v) is 9.54. The minimum Gasteiger partial charge on any atom is -0.493 e. The molecule has 1 aliphatic heterocycles. The lowest BCUT2D eigenvalue weighted by atomic mass is 9.86. The van der Waals surface area contributed by atoms with Gasteiger partial charge in [0, 0.05) is 24.0 Å². The van der Waals surface area contributed by atoms with Gasteiger partial charge in [0.1, 0.15) is 11.4 Å². The number of rotatable bonds is 6. The van der Waals surface area contributed by atoms with Gasteiger partial charge in [-0.3, -0.25) is 0 Å². The van der Waals surface area contributed by atoms with Crippen molar-refractivity contribution < 1.29 is 28.5 Å². The predicted molar refractivity (Wildman–Crippen MR) is 133 cm³/mol. The molecule has 0 fully saturated rings. The minimum absolute atomic E-state index is 0.0115. The standard InChI is InChI=1S/C29H32O6/c1-19(20-12-8-6-9-13-20)32-27-17-22(21-14-10-7-11-15-21)23-16-25(31-5)26(18-24(23)33-27)34-28(30)35-29(2,3)4/h6-16,18-19,22,27H,17H2,1-5H3/t19-,22+,27-/m0/s1. The molecule has 0 N–H and O–H groups in total. The van der Waals surface area contributed by atoms with E-state index in [2.05, 4.69) is 12.1 Å². The summed E-state index contributed by atoms with van der Waals surface area (Å²) in [6.45, 7) is 7.35. The summed E-state index contributed by atoms with van der Waals surface area (Å²) in [5, 5.41) is 0. The molecule has 3 atom stereocenters. The molecule has 6 heteroatoms. The summed E-state index contributed by atoms with van der Waals surface area (Å²) in [6.07, 6.45) is -0.832. The average Bonchev–Trinajstić information content (AvgIpc) is 2.83. The normalized spacial score (nSPS) is 18.1. The maximum Gasteiger partial charge on any atom is 0.514 e. The number of fused-ring (bicyclic) bond motifs is 1. The zero-order valence-corrected chi connectivity index (χ0v) is 20.8. The number of methoxy groups -OCH3 is 1. The van der Waals surface area contributed by atoms with Crippen molar-refractivity contribution >= 4 is 6.16 Å². The number of carbonyl (C=O) groups excluding carboxylic acids is 1. The third-order valence-corrected chi connectivity index (χ3v) is 5.77. The van der Waals surface area contributed by atoms with Crippen molar-refractivity contribution in [1.29, 1.82) is 0 Å². The largest absolute Gasteiger partial charge is 0.514 e. The molecule has 0 bridgehead atoms. The highest BCUT2D eigenvalue weighted by Gasteiger charge is 2.33. The maximum atomic E-state index is 12.4. The summed E-state index contributed by atoms with van der Waals surface area (Å²) >= 11 is 0. The first-order valence-electron chi connectivity index (χ1n) is 11.8. The Morgan fingerprint density at radius 2 is 1.63 bits per heavy atom. The van der Waals surface area contributed by atoms with Crippen molar-refractivity contribution in [2.45, 2.75) is 58.0 Å². The minimum atomic E-state index is -0.809. The van der Waals surface area contributed by atoms with E-state index in [-0.39, 0.29) is 17.8 Å². The van der Waals surface area contributed by atoms with Gasteiger partial charge >= 0.3 is 6.16 Å². The van der Waals surface area contributed by atoms with Crippen LogP contribution in [0.25, 0.3) is 0 Å². The van der Waals surface area contributed by atoms with Crippen LogP contribution in [0.3, 0.4) is 0 Å². The van der Waals surface area contributed by atoms with E-state index in [1.807, 2.05) is 61.5 Å². The van der Waals surface area contributed by atoms with Gasteiger partial charge < -0.3 is 23.7 Å². The van der Waals surface area contributed by atoms with Crippen molar-refractivity contribution in [2.24, 2.45) is 0 Å². The first kappa shape index (κ1) is 24.6. The molecule has 0 aromatic heterocycles. The Morgan fingerprint density at radius 3 is 2.26 bits per heavy atom. The Kier molecular flexibility index (Phi) is 7.31. The van der Waals surface area contributed by atoms with Gasteiger partial charge in [-0.05, 0) is 44.9 Å². The van der Waals surface area contributed by atoms with Crippen LogP contribution in [0.15, 0.2) is 72.8 Å². The molecule has 0 radical (unpaired) electrons. The number of ether oxygens (including phenoxy) is 5. The Balaban J connectivity index is 1.66. The highest BCUT2D eigenvalue weighted by Crippen LogP contribution is 2.46. The SMILES string of the molecule is COc1cc2c(cc1OC(=O)OC(C)(C)C)O[C@H](O[C@@H](C)c1ccccc1)C[C@@H]2c1ccccc1. The second-order valence-electron chi connectivity index (χ2n) is 9.54. The molecule has 0 saturated heterocycles. The van der Waals surface area contributed by atoms with E-state index in [1.54, 1.807) is 33.9 Å². The van der Waals surface area contributed by atoms with Crippen LogP contribution in [0.4, 0.5) is 4.79 Å². The van der Waals surface area contributed by atoms with Gasteiger partial charge in [-0.15, -0.1) is 0 Å².